The number of nitro benzene ring substituents is 1. The lowest BCUT2D eigenvalue weighted by Gasteiger charge is -2.08. The minimum absolute atomic E-state index is 0.0682. The van der Waals surface area contributed by atoms with Crippen LogP contribution in [0.2, 0.25) is 5.02 Å². The first-order valence-corrected chi connectivity index (χ1v) is 5.69. The molecule has 0 atom stereocenters. The molecule has 2 rings (SSSR count). The highest BCUT2D eigenvalue weighted by atomic mass is 35.5. The van der Waals surface area contributed by atoms with Gasteiger partial charge in [0.25, 0.3) is 5.69 Å². The highest BCUT2D eigenvalue weighted by Gasteiger charge is 2.09. The van der Waals surface area contributed by atoms with Crippen LogP contribution in [0, 0.1) is 21.4 Å². The second kappa shape index (κ2) is 5.38. The fourth-order valence-electron chi connectivity index (χ4n) is 1.54. The minimum Gasteiger partial charge on any atom is -0.354 e. The molecule has 5 nitrogen and oxygen atoms in total. The molecule has 6 heteroatoms. The zero-order chi connectivity index (χ0) is 13.8. The predicted octanol–water partition coefficient (Wildman–Crippen LogP) is 3.86. The van der Waals surface area contributed by atoms with E-state index in [1.54, 1.807) is 24.3 Å². The number of hydrogen-bond donors (Lipinski definition) is 1. The van der Waals surface area contributed by atoms with Gasteiger partial charge in [0.2, 0.25) is 0 Å². The third-order valence-corrected chi connectivity index (χ3v) is 2.75. The highest BCUT2D eigenvalue weighted by Crippen LogP contribution is 2.29. The van der Waals surface area contributed by atoms with Gasteiger partial charge >= 0.3 is 0 Å². The molecule has 0 aliphatic carbocycles. The van der Waals surface area contributed by atoms with Crippen LogP contribution in [-0.4, -0.2) is 4.92 Å². The minimum atomic E-state index is -0.508. The van der Waals surface area contributed by atoms with Crippen molar-refractivity contribution < 1.29 is 4.92 Å². The normalized spacial score (nSPS) is 9.68. The average molecular weight is 274 g/mol. The van der Waals surface area contributed by atoms with Crippen LogP contribution in [0.3, 0.4) is 0 Å². The lowest BCUT2D eigenvalue weighted by Crippen LogP contribution is -1.93. The van der Waals surface area contributed by atoms with Crippen LogP contribution in [0.25, 0.3) is 0 Å². The Labute approximate surface area is 114 Å². The summed E-state index contributed by atoms with van der Waals surface area (Å²) in [5, 5.41) is 22.7. The quantitative estimate of drug-likeness (QED) is 0.680. The lowest BCUT2D eigenvalue weighted by atomic mass is 10.2. The number of non-ortho nitro benzene ring substituents is 1. The van der Waals surface area contributed by atoms with Gasteiger partial charge in [-0.3, -0.25) is 10.1 Å². The van der Waals surface area contributed by atoms with Crippen molar-refractivity contribution >= 4 is 28.7 Å². The standard InChI is InChI=1S/C13H8ClN3O2/c14-12-7-11(17(18)19)4-5-13(12)16-10-3-1-2-9(6-10)8-15/h1-7,16H. The summed E-state index contributed by atoms with van der Waals surface area (Å²) in [6.07, 6.45) is 0. The average Bonchev–Trinajstić information content (AvgIpc) is 2.41. The van der Waals surface area contributed by atoms with Gasteiger partial charge in [-0.2, -0.15) is 5.26 Å². The summed E-state index contributed by atoms with van der Waals surface area (Å²) in [7, 11) is 0. The first-order chi connectivity index (χ1) is 9.10. The fraction of sp³-hybridized carbons (Fsp3) is 0. The molecule has 0 radical (unpaired) electrons. The topological polar surface area (TPSA) is 79.0 Å². The van der Waals surface area contributed by atoms with Crippen molar-refractivity contribution in [2.24, 2.45) is 0 Å². The van der Waals surface area contributed by atoms with Crippen molar-refractivity contribution in [3.63, 3.8) is 0 Å². The smallest absolute Gasteiger partial charge is 0.271 e. The number of halogens is 1. The number of hydrogen-bond acceptors (Lipinski definition) is 4. The zero-order valence-corrected chi connectivity index (χ0v) is 10.4. The Morgan fingerprint density at radius 3 is 2.68 bits per heavy atom. The van der Waals surface area contributed by atoms with Crippen molar-refractivity contribution in [2.45, 2.75) is 0 Å². The molecule has 0 heterocycles. The first-order valence-electron chi connectivity index (χ1n) is 5.31. The Kier molecular flexibility index (Phi) is 3.64. The largest absolute Gasteiger partial charge is 0.354 e. The van der Waals surface area contributed by atoms with Gasteiger partial charge in [-0.15, -0.1) is 0 Å². The molecule has 0 spiro atoms. The van der Waals surface area contributed by atoms with Crippen LogP contribution >= 0.6 is 11.6 Å². The maximum absolute atomic E-state index is 10.6. The van der Waals surface area contributed by atoms with E-state index in [9.17, 15) is 10.1 Å². The van der Waals surface area contributed by atoms with Crippen LogP contribution in [0.5, 0.6) is 0 Å². The first kappa shape index (κ1) is 12.9. The number of nitrogens with zero attached hydrogens (tertiary/aromatic N) is 2. The number of nitriles is 1. The Morgan fingerprint density at radius 2 is 2.05 bits per heavy atom. The van der Waals surface area contributed by atoms with Crippen molar-refractivity contribution in [3.05, 3.63) is 63.2 Å². The van der Waals surface area contributed by atoms with Crippen LogP contribution in [-0.2, 0) is 0 Å². The van der Waals surface area contributed by atoms with E-state index in [4.69, 9.17) is 16.9 Å². The van der Waals surface area contributed by atoms with E-state index >= 15 is 0 Å². The molecular weight excluding hydrogens is 266 g/mol. The van der Waals surface area contributed by atoms with Crippen LogP contribution in [0.15, 0.2) is 42.5 Å². The molecule has 0 bridgehead atoms. The molecule has 0 amide bonds. The second-order valence-electron chi connectivity index (χ2n) is 3.74. The van der Waals surface area contributed by atoms with Crippen molar-refractivity contribution in [3.8, 4) is 6.07 Å². The molecule has 0 aliphatic rings. The molecule has 1 N–H and O–H groups in total. The Hall–Kier alpha value is -2.58. The Balaban J connectivity index is 2.28. The molecule has 94 valence electrons. The monoisotopic (exact) mass is 273 g/mol. The SMILES string of the molecule is N#Cc1cccc(Nc2ccc([N+](=O)[O-])cc2Cl)c1. The van der Waals surface area contributed by atoms with E-state index in [0.717, 1.165) is 0 Å². The van der Waals surface area contributed by atoms with Gasteiger partial charge < -0.3 is 5.32 Å². The van der Waals surface area contributed by atoms with Gasteiger partial charge in [0.15, 0.2) is 0 Å². The molecule has 0 saturated heterocycles. The summed E-state index contributed by atoms with van der Waals surface area (Å²) in [5.74, 6) is 0. The number of anilines is 2. The van der Waals surface area contributed by atoms with Gasteiger partial charge in [-0.25, -0.2) is 0 Å². The molecule has 0 aromatic heterocycles. The van der Waals surface area contributed by atoms with E-state index in [-0.39, 0.29) is 10.7 Å². The van der Waals surface area contributed by atoms with Crippen LogP contribution in [0.1, 0.15) is 5.56 Å². The van der Waals surface area contributed by atoms with Crippen LogP contribution < -0.4 is 5.32 Å². The third kappa shape index (κ3) is 3.00. The van der Waals surface area contributed by atoms with Crippen molar-refractivity contribution in [1.29, 1.82) is 5.26 Å². The molecule has 0 saturated carbocycles. The van der Waals surface area contributed by atoms with Gasteiger partial charge in [0, 0.05) is 17.8 Å². The lowest BCUT2D eigenvalue weighted by molar-refractivity contribution is -0.384. The molecule has 2 aromatic rings. The molecular formula is C13H8ClN3O2. The summed E-state index contributed by atoms with van der Waals surface area (Å²) < 4.78 is 0. The predicted molar refractivity (Wildman–Crippen MR) is 72.5 cm³/mol. The van der Waals surface area contributed by atoms with Gasteiger partial charge in [-0.1, -0.05) is 17.7 Å². The Bertz CT molecular complexity index is 680. The number of rotatable bonds is 3. The highest BCUT2D eigenvalue weighted by molar-refractivity contribution is 6.33. The van der Waals surface area contributed by atoms with Crippen molar-refractivity contribution in [1.82, 2.24) is 0 Å². The fourth-order valence-corrected chi connectivity index (χ4v) is 1.76. The summed E-state index contributed by atoms with van der Waals surface area (Å²) in [5.41, 5.74) is 1.68. The van der Waals surface area contributed by atoms with E-state index in [0.29, 0.717) is 16.9 Å². The molecule has 0 fully saturated rings. The van der Waals surface area contributed by atoms with Gasteiger partial charge in [0.1, 0.15) is 0 Å². The van der Waals surface area contributed by atoms with Gasteiger partial charge in [0.05, 0.1) is 27.3 Å². The summed E-state index contributed by atoms with van der Waals surface area (Å²) in [4.78, 5) is 10.1. The number of benzene rings is 2. The van der Waals surface area contributed by atoms with Crippen molar-refractivity contribution in [2.75, 3.05) is 5.32 Å². The molecule has 0 aliphatic heterocycles. The van der Waals surface area contributed by atoms with E-state index in [1.165, 1.54) is 18.2 Å². The third-order valence-electron chi connectivity index (χ3n) is 2.43. The van der Waals surface area contributed by atoms with E-state index < -0.39 is 4.92 Å². The summed E-state index contributed by atoms with van der Waals surface area (Å²) in [6, 6.07) is 13.1. The summed E-state index contributed by atoms with van der Waals surface area (Å²) in [6.45, 7) is 0. The second-order valence-corrected chi connectivity index (χ2v) is 4.15. The zero-order valence-electron chi connectivity index (χ0n) is 9.63. The molecule has 0 unspecified atom stereocenters. The van der Waals surface area contributed by atoms with E-state index in [2.05, 4.69) is 5.32 Å². The number of nitrogens with one attached hydrogen (secondary N) is 1. The molecule has 2 aromatic carbocycles. The Morgan fingerprint density at radius 1 is 1.26 bits per heavy atom. The maximum Gasteiger partial charge on any atom is 0.271 e. The number of nitro groups is 1. The maximum atomic E-state index is 10.6. The summed E-state index contributed by atoms with van der Waals surface area (Å²) >= 11 is 5.97. The van der Waals surface area contributed by atoms with E-state index in [1.807, 2.05) is 6.07 Å². The van der Waals surface area contributed by atoms with Crippen LogP contribution in [0.4, 0.5) is 17.1 Å². The van der Waals surface area contributed by atoms with Gasteiger partial charge in [-0.05, 0) is 24.3 Å². The molecule has 19 heavy (non-hydrogen) atoms.